The molecule has 71 heavy (non-hydrogen) atoms. The molecule has 0 bridgehead atoms. The Morgan fingerprint density at radius 1 is 0.408 bits per heavy atom. The van der Waals surface area contributed by atoms with Gasteiger partial charge in [-0.2, -0.15) is 0 Å². The van der Waals surface area contributed by atoms with Crippen molar-refractivity contribution in [3.63, 3.8) is 0 Å². The van der Waals surface area contributed by atoms with Crippen molar-refractivity contribution in [3.05, 3.63) is 262 Å². The van der Waals surface area contributed by atoms with Crippen molar-refractivity contribution in [2.24, 2.45) is 0 Å². The zero-order valence-electron chi connectivity index (χ0n) is 38.1. The summed E-state index contributed by atoms with van der Waals surface area (Å²) in [5, 5.41) is 0. The second-order valence-corrected chi connectivity index (χ2v) is 16.9. The molecule has 0 saturated carbocycles. The van der Waals surface area contributed by atoms with Crippen molar-refractivity contribution in [2.45, 2.75) is 0 Å². The van der Waals surface area contributed by atoms with Gasteiger partial charge in [0.15, 0.2) is 0 Å². The molecule has 336 valence electrons. The SMILES string of the molecule is [Ir+3].[c-]1cc(-n2ccnc2-c2cc(-c3ccccc3-c3c[c-]c(-c4cc(-c5ccc(-c6ccccc6)cc5)ccn4)cc3)cc(-c3[nH]cc[n+]3-c3c[c-]c(-c4ccccn4)cc3)c2)ccc1-c1ccccn1. The summed E-state index contributed by atoms with van der Waals surface area (Å²) in [6.45, 7) is 0. The molecule has 7 aromatic carbocycles. The molecule has 8 heteroatoms. The van der Waals surface area contributed by atoms with Crippen LogP contribution in [0.1, 0.15) is 0 Å². The summed E-state index contributed by atoms with van der Waals surface area (Å²) < 4.78 is 4.26. The minimum atomic E-state index is 0. The molecule has 12 aromatic rings. The van der Waals surface area contributed by atoms with Gasteiger partial charge >= 0.3 is 20.1 Å². The average Bonchev–Trinajstić information content (AvgIpc) is 4.16. The first-order valence-corrected chi connectivity index (χ1v) is 23.1. The Balaban J connectivity index is 0.00000547. The fraction of sp³-hybridized carbons (Fsp3) is 0. The molecule has 0 saturated heterocycles. The van der Waals surface area contributed by atoms with Crippen LogP contribution in [0.4, 0.5) is 0 Å². The molecule has 0 amide bonds. The molecule has 0 fully saturated rings. The molecule has 12 rings (SSSR count). The zero-order chi connectivity index (χ0) is 46.6. The number of imidazole rings is 2. The maximum atomic E-state index is 4.98. The summed E-state index contributed by atoms with van der Waals surface area (Å²) in [6, 6.07) is 79.6. The monoisotopic (exact) mass is 1090 g/mol. The van der Waals surface area contributed by atoms with Crippen molar-refractivity contribution in [3.8, 4) is 112 Å². The topological polar surface area (TPSA) is 76.2 Å². The Morgan fingerprint density at radius 3 is 1.68 bits per heavy atom. The van der Waals surface area contributed by atoms with Gasteiger partial charge in [0, 0.05) is 36.5 Å². The standard InChI is InChI=1S/C63H40N7.Ir/c1-2-10-44(11-3-1)45-16-18-46(19-17-45)51-32-35-66-61(43-51)50-22-20-47(21-23-50)57-12-4-5-13-58(57)52-40-53(62-67-36-38-69(62)55-28-24-48(25-29-55)59-14-6-8-33-64-59)42-54(41-52)63-68-37-39-70(63)56-30-26-49(27-31-56)60-15-7-9-34-65-60;/h1-22,24,26,28-43H;/q-3;+3/p+1. The number of hydrogen-bond donors (Lipinski definition) is 1. The smallest absolute Gasteiger partial charge is 0.341 e. The van der Waals surface area contributed by atoms with Crippen molar-refractivity contribution in [2.75, 3.05) is 0 Å². The number of aromatic amines is 1. The van der Waals surface area contributed by atoms with Crippen LogP contribution >= 0.6 is 0 Å². The fourth-order valence-electron chi connectivity index (χ4n) is 9.02. The summed E-state index contributed by atoms with van der Waals surface area (Å²) in [7, 11) is 0. The van der Waals surface area contributed by atoms with Crippen LogP contribution < -0.4 is 4.57 Å². The molecule has 7 nitrogen and oxygen atoms in total. The summed E-state index contributed by atoms with van der Waals surface area (Å²) in [6.07, 6.45) is 13.3. The van der Waals surface area contributed by atoms with Gasteiger partial charge in [-0.15, -0.1) is 77.4 Å². The molecule has 0 atom stereocenters. The Bertz CT molecular complexity index is 3580. The first-order valence-electron chi connectivity index (χ1n) is 23.1. The molecule has 0 unspecified atom stereocenters. The van der Waals surface area contributed by atoms with Crippen LogP contribution in [0.15, 0.2) is 244 Å². The minimum absolute atomic E-state index is 0. The van der Waals surface area contributed by atoms with Crippen LogP contribution in [0, 0.1) is 18.2 Å². The third-order valence-electron chi connectivity index (χ3n) is 12.5. The molecule has 0 aliphatic carbocycles. The van der Waals surface area contributed by atoms with Crippen molar-refractivity contribution < 1.29 is 24.7 Å². The Morgan fingerprint density at radius 2 is 1.00 bits per heavy atom. The van der Waals surface area contributed by atoms with Gasteiger partial charge in [0.2, 0.25) is 0 Å². The maximum Gasteiger partial charge on any atom is 3.00 e. The normalized spacial score (nSPS) is 11.0. The second-order valence-electron chi connectivity index (χ2n) is 16.9. The van der Waals surface area contributed by atoms with E-state index >= 15 is 0 Å². The van der Waals surface area contributed by atoms with E-state index in [2.05, 4.69) is 188 Å². The number of benzene rings is 7. The van der Waals surface area contributed by atoms with Gasteiger partial charge in [-0.1, -0.05) is 132 Å². The third kappa shape index (κ3) is 9.21. The van der Waals surface area contributed by atoms with Gasteiger partial charge in [-0.05, 0) is 92.5 Å². The molecule has 0 aliphatic heterocycles. The van der Waals surface area contributed by atoms with E-state index in [9.17, 15) is 0 Å². The molecule has 0 aliphatic rings. The van der Waals surface area contributed by atoms with Crippen molar-refractivity contribution >= 4 is 0 Å². The summed E-state index contributed by atoms with van der Waals surface area (Å²) in [4.78, 5) is 22.4. The maximum absolute atomic E-state index is 4.98. The Hall–Kier alpha value is -8.94. The van der Waals surface area contributed by atoms with E-state index in [1.54, 1.807) is 12.4 Å². The van der Waals surface area contributed by atoms with E-state index < -0.39 is 0 Å². The quantitative estimate of drug-likeness (QED) is 0.103. The minimum Gasteiger partial charge on any atom is -0.341 e. The number of H-pyrrole nitrogens is 1. The van der Waals surface area contributed by atoms with E-state index in [1.807, 2.05) is 85.6 Å². The van der Waals surface area contributed by atoms with Gasteiger partial charge < -0.3 is 19.5 Å². The van der Waals surface area contributed by atoms with Gasteiger partial charge in [-0.25, -0.2) is 14.5 Å². The largest absolute Gasteiger partial charge is 3.00 e. The van der Waals surface area contributed by atoms with Crippen molar-refractivity contribution in [1.82, 2.24) is 29.5 Å². The number of pyridine rings is 3. The average molecular weight is 1090 g/mol. The molecular formula is C63H41IrN7+. The van der Waals surface area contributed by atoms with E-state index in [1.165, 1.54) is 11.1 Å². The Kier molecular flexibility index (Phi) is 12.5. The van der Waals surface area contributed by atoms with Crippen molar-refractivity contribution in [1.29, 1.82) is 0 Å². The van der Waals surface area contributed by atoms with Crippen LogP contribution in [0.3, 0.4) is 0 Å². The predicted molar refractivity (Wildman–Crippen MR) is 278 cm³/mol. The molecule has 5 aromatic heterocycles. The first kappa shape index (κ1) is 44.6. The third-order valence-corrected chi connectivity index (χ3v) is 12.5. The predicted octanol–water partition coefficient (Wildman–Crippen LogP) is 14.1. The van der Waals surface area contributed by atoms with E-state index in [4.69, 9.17) is 9.97 Å². The Labute approximate surface area is 425 Å². The van der Waals surface area contributed by atoms with E-state index in [0.29, 0.717) is 0 Å². The van der Waals surface area contributed by atoms with Crippen LogP contribution in [-0.4, -0.2) is 29.5 Å². The van der Waals surface area contributed by atoms with E-state index in [0.717, 1.165) is 101 Å². The first-order chi connectivity index (χ1) is 34.7. The van der Waals surface area contributed by atoms with Crippen LogP contribution in [0.2, 0.25) is 0 Å². The van der Waals surface area contributed by atoms with Crippen LogP contribution in [0.25, 0.3) is 112 Å². The number of nitrogens with zero attached hydrogens (tertiary/aromatic N) is 6. The molecule has 0 spiro atoms. The summed E-state index contributed by atoms with van der Waals surface area (Å²) in [5.41, 5.74) is 18.1. The number of nitrogens with one attached hydrogen (secondary N) is 1. The summed E-state index contributed by atoms with van der Waals surface area (Å²) in [5.74, 6) is 1.70. The van der Waals surface area contributed by atoms with E-state index in [-0.39, 0.29) is 20.1 Å². The molecule has 5 heterocycles. The van der Waals surface area contributed by atoms with Gasteiger partial charge in [0.1, 0.15) is 18.2 Å². The van der Waals surface area contributed by atoms with Gasteiger partial charge in [0.25, 0.3) is 5.82 Å². The zero-order valence-corrected chi connectivity index (χ0v) is 40.5. The van der Waals surface area contributed by atoms with Gasteiger partial charge in [0.05, 0.1) is 11.3 Å². The summed E-state index contributed by atoms with van der Waals surface area (Å²) >= 11 is 0. The second kappa shape index (κ2) is 20.0. The molecular weight excluding hydrogens is 1050 g/mol. The van der Waals surface area contributed by atoms with Gasteiger partial charge in [-0.3, -0.25) is 0 Å². The molecule has 1 N–H and O–H groups in total. The van der Waals surface area contributed by atoms with Crippen LogP contribution in [-0.2, 0) is 20.1 Å². The molecule has 0 radical (unpaired) electrons. The number of hydrogen-bond acceptors (Lipinski definition) is 4. The number of aromatic nitrogens is 7. The fourth-order valence-corrected chi connectivity index (χ4v) is 9.02. The van der Waals surface area contributed by atoms with Crippen LogP contribution in [0.5, 0.6) is 0 Å². The number of rotatable bonds is 11.